The first kappa shape index (κ1) is 11.5. The summed E-state index contributed by atoms with van der Waals surface area (Å²) < 4.78 is 0. The monoisotopic (exact) mass is 209 g/mol. The van der Waals surface area contributed by atoms with Crippen LogP contribution < -0.4 is 10.6 Å². The maximum absolute atomic E-state index is 11.4. The molecule has 0 aliphatic carbocycles. The Morgan fingerprint density at radius 2 is 2.53 bits per heavy atom. The van der Waals surface area contributed by atoms with E-state index in [0.29, 0.717) is 13.0 Å². The molecular formula is C10H15N3O2. The topological polar surface area (TPSA) is 82.0 Å². The molecule has 0 saturated carbocycles. The number of nitriles is 1. The molecule has 2 atom stereocenters. The van der Waals surface area contributed by atoms with Gasteiger partial charge in [-0.3, -0.25) is 9.59 Å². The first-order chi connectivity index (χ1) is 7.13. The number of carbonyl (C=O) groups is 2. The minimum Gasteiger partial charge on any atom is -0.356 e. The number of amides is 2. The molecule has 0 aromatic rings. The lowest BCUT2D eigenvalue weighted by Crippen LogP contribution is -2.41. The van der Waals surface area contributed by atoms with E-state index < -0.39 is 6.04 Å². The highest BCUT2D eigenvalue weighted by Gasteiger charge is 2.25. The molecule has 15 heavy (non-hydrogen) atoms. The third kappa shape index (κ3) is 3.58. The van der Waals surface area contributed by atoms with Crippen molar-refractivity contribution in [2.45, 2.75) is 32.2 Å². The molecular weight excluding hydrogens is 194 g/mol. The molecule has 0 spiro atoms. The normalized spacial score (nSPS) is 22.4. The molecule has 1 aliphatic rings. The zero-order valence-electron chi connectivity index (χ0n) is 8.75. The molecule has 1 rings (SSSR count). The van der Waals surface area contributed by atoms with E-state index >= 15 is 0 Å². The maximum atomic E-state index is 11.4. The summed E-state index contributed by atoms with van der Waals surface area (Å²) >= 11 is 0. The summed E-state index contributed by atoms with van der Waals surface area (Å²) in [5, 5.41) is 14.1. The van der Waals surface area contributed by atoms with Gasteiger partial charge in [-0.05, 0) is 19.3 Å². The van der Waals surface area contributed by atoms with Crippen LogP contribution in [0.3, 0.4) is 0 Å². The van der Waals surface area contributed by atoms with Gasteiger partial charge in [-0.25, -0.2) is 0 Å². The van der Waals surface area contributed by atoms with Crippen LogP contribution >= 0.6 is 0 Å². The van der Waals surface area contributed by atoms with E-state index in [4.69, 9.17) is 5.26 Å². The first-order valence-electron chi connectivity index (χ1n) is 5.08. The molecule has 0 aromatic carbocycles. The van der Waals surface area contributed by atoms with E-state index in [0.717, 1.165) is 12.8 Å². The van der Waals surface area contributed by atoms with Crippen LogP contribution in [0.15, 0.2) is 0 Å². The molecule has 1 saturated heterocycles. The van der Waals surface area contributed by atoms with Gasteiger partial charge in [0.25, 0.3) is 0 Å². The second kappa shape index (κ2) is 5.35. The van der Waals surface area contributed by atoms with Gasteiger partial charge in [0.1, 0.15) is 6.04 Å². The van der Waals surface area contributed by atoms with Gasteiger partial charge in [-0.1, -0.05) is 0 Å². The Morgan fingerprint density at radius 1 is 1.80 bits per heavy atom. The van der Waals surface area contributed by atoms with Crippen LogP contribution in [0.1, 0.15) is 26.2 Å². The lowest BCUT2D eigenvalue weighted by atomic mass is 9.92. The van der Waals surface area contributed by atoms with Crippen molar-refractivity contribution in [2.75, 3.05) is 6.54 Å². The van der Waals surface area contributed by atoms with Gasteiger partial charge in [-0.15, -0.1) is 0 Å². The van der Waals surface area contributed by atoms with Crippen LogP contribution in [0.2, 0.25) is 0 Å². The van der Waals surface area contributed by atoms with Crippen molar-refractivity contribution in [3.8, 4) is 6.07 Å². The van der Waals surface area contributed by atoms with Gasteiger partial charge < -0.3 is 10.6 Å². The average Bonchev–Trinajstić information content (AvgIpc) is 2.19. The molecule has 5 heteroatoms. The Kier molecular flexibility index (Phi) is 4.10. The highest BCUT2D eigenvalue weighted by atomic mass is 16.2. The van der Waals surface area contributed by atoms with Gasteiger partial charge >= 0.3 is 0 Å². The van der Waals surface area contributed by atoms with Crippen molar-refractivity contribution >= 4 is 11.8 Å². The Hall–Kier alpha value is -1.57. The Morgan fingerprint density at radius 3 is 3.07 bits per heavy atom. The second-order valence-corrected chi connectivity index (χ2v) is 3.75. The van der Waals surface area contributed by atoms with Crippen molar-refractivity contribution in [3.05, 3.63) is 0 Å². The van der Waals surface area contributed by atoms with Crippen molar-refractivity contribution in [1.82, 2.24) is 10.6 Å². The molecule has 2 amide bonds. The summed E-state index contributed by atoms with van der Waals surface area (Å²) in [7, 11) is 0. The highest BCUT2D eigenvalue weighted by molar-refractivity contribution is 5.79. The van der Waals surface area contributed by atoms with Crippen LogP contribution in [0.5, 0.6) is 0 Å². The SMILES string of the molecule is CC(=O)N[C@H](C#N)C[C@@H]1CCCNC1=O. The molecule has 0 bridgehead atoms. The maximum Gasteiger partial charge on any atom is 0.223 e. The third-order valence-corrected chi connectivity index (χ3v) is 2.45. The lowest BCUT2D eigenvalue weighted by Gasteiger charge is -2.23. The summed E-state index contributed by atoms with van der Waals surface area (Å²) in [4.78, 5) is 22.2. The first-order valence-corrected chi connectivity index (χ1v) is 5.08. The highest BCUT2D eigenvalue weighted by Crippen LogP contribution is 2.17. The standard InChI is InChI=1S/C10H15N3O2/c1-7(14)13-9(6-11)5-8-3-2-4-12-10(8)15/h8-9H,2-5H2,1H3,(H,12,15)(H,13,14)/t8-,9-/m0/s1. The van der Waals surface area contributed by atoms with Crippen LogP contribution in [-0.2, 0) is 9.59 Å². The van der Waals surface area contributed by atoms with Crippen LogP contribution in [0.4, 0.5) is 0 Å². The van der Waals surface area contributed by atoms with E-state index in [1.165, 1.54) is 6.92 Å². The summed E-state index contributed by atoms with van der Waals surface area (Å²) in [6, 6.07) is 1.43. The zero-order valence-corrected chi connectivity index (χ0v) is 8.75. The number of carbonyl (C=O) groups excluding carboxylic acids is 2. The molecule has 1 fully saturated rings. The fraction of sp³-hybridized carbons (Fsp3) is 0.700. The van der Waals surface area contributed by atoms with Gasteiger partial charge in [0.15, 0.2) is 0 Å². The predicted molar refractivity (Wildman–Crippen MR) is 53.6 cm³/mol. The Labute approximate surface area is 88.8 Å². The molecule has 0 aromatic heterocycles. The van der Waals surface area contributed by atoms with Gasteiger partial charge in [0.05, 0.1) is 6.07 Å². The third-order valence-electron chi connectivity index (χ3n) is 2.45. The second-order valence-electron chi connectivity index (χ2n) is 3.75. The lowest BCUT2D eigenvalue weighted by molar-refractivity contribution is -0.127. The van der Waals surface area contributed by atoms with Crippen molar-refractivity contribution in [3.63, 3.8) is 0 Å². The van der Waals surface area contributed by atoms with Gasteiger partial charge in [0.2, 0.25) is 11.8 Å². The van der Waals surface area contributed by atoms with Gasteiger partial charge in [0, 0.05) is 19.4 Å². The number of hydrogen-bond donors (Lipinski definition) is 2. The Bertz CT molecular complexity index is 296. The minimum atomic E-state index is -0.559. The molecule has 1 heterocycles. The molecule has 0 radical (unpaired) electrons. The predicted octanol–water partition coefficient (Wildman–Crippen LogP) is -0.0690. The molecule has 1 aliphatic heterocycles. The van der Waals surface area contributed by atoms with E-state index in [1.807, 2.05) is 6.07 Å². The van der Waals surface area contributed by atoms with E-state index in [-0.39, 0.29) is 17.7 Å². The fourth-order valence-electron chi connectivity index (χ4n) is 1.73. The van der Waals surface area contributed by atoms with Crippen LogP contribution in [0, 0.1) is 17.2 Å². The molecule has 2 N–H and O–H groups in total. The number of nitrogens with zero attached hydrogens (tertiary/aromatic N) is 1. The quantitative estimate of drug-likeness (QED) is 0.682. The number of piperidine rings is 1. The van der Waals surface area contributed by atoms with Crippen molar-refractivity contribution < 1.29 is 9.59 Å². The fourth-order valence-corrected chi connectivity index (χ4v) is 1.73. The molecule has 5 nitrogen and oxygen atoms in total. The summed E-state index contributed by atoms with van der Waals surface area (Å²) in [6.07, 6.45) is 2.14. The van der Waals surface area contributed by atoms with E-state index in [1.54, 1.807) is 0 Å². The van der Waals surface area contributed by atoms with Crippen LogP contribution in [-0.4, -0.2) is 24.4 Å². The smallest absolute Gasteiger partial charge is 0.223 e. The van der Waals surface area contributed by atoms with E-state index in [2.05, 4.69) is 10.6 Å². The summed E-state index contributed by atoms with van der Waals surface area (Å²) in [5.41, 5.74) is 0. The molecule has 82 valence electrons. The van der Waals surface area contributed by atoms with Crippen molar-refractivity contribution in [2.24, 2.45) is 5.92 Å². The van der Waals surface area contributed by atoms with Crippen molar-refractivity contribution in [1.29, 1.82) is 5.26 Å². The number of rotatable bonds is 3. The minimum absolute atomic E-state index is 0.00754. The van der Waals surface area contributed by atoms with E-state index in [9.17, 15) is 9.59 Å². The summed E-state index contributed by atoms with van der Waals surface area (Å²) in [5.74, 6) is -0.389. The largest absolute Gasteiger partial charge is 0.356 e. The number of hydrogen-bond acceptors (Lipinski definition) is 3. The summed E-state index contributed by atoms with van der Waals surface area (Å²) in [6.45, 7) is 2.08. The average molecular weight is 209 g/mol. The van der Waals surface area contributed by atoms with Crippen LogP contribution in [0.25, 0.3) is 0 Å². The zero-order chi connectivity index (χ0) is 11.3. The van der Waals surface area contributed by atoms with Gasteiger partial charge in [-0.2, -0.15) is 5.26 Å². The molecule has 0 unspecified atom stereocenters. The number of nitrogens with one attached hydrogen (secondary N) is 2. The Balaban J connectivity index is 2.47.